The highest BCUT2D eigenvalue weighted by molar-refractivity contribution is 5.87. The molecule has 0 aliphatic carbocycles. The van der Waals surface area contributed by atoms with Crippen LogP contribution in [0.4, 0.5) is 13.6 Å². The van der Waals surface area contributed by atoms with Crippen LogP contribution in [0.3, 0.4) is 0 Å². The summed E-state index contributed by atoms with van der Waals surface area (Å²) in [6.07, 6.45) is -0.576. The third-order valence-electron chi connectivity index (χ3n) is 2.46. The van der Waals surface area contributed by atoms with E-state index in [1.165, 1.54) is 0 Å². The van der Waals surface area contributed by atoms with Gasteiger partial charge in [0.1, 0.15) is 17.7 Å². The van der Waals surface area contributed by atoms with Crippen LogP contribution in [0.15, 0.2) is 18.2 Å². The number of hydrogen-bond donors (Lipinski definition) is 4. The Kier molecular flexibility index (Phi) is 5.58. The Balaban J connectivity index is 2.56. The Morgan fingerprint density at radius 1 is 1.29 bits per heavy atom. The van der Waals surface area contributed by atoms with Crippen molar-refractivity contribution in [2.75, 3.05) is 0 Å². The highest BCUT2D eigenvalue weighted by Gasteiger charge is 2.22. The molecule has 1 atom stereocenters. The zero-order valence-corrected chi connectivity index (χ0v) is 10.7. The van der Waals surface area contributed by atoms with Crippen LogP contribution in [0.1, 0.15) is 12.0 Å². The van der Waals surface area contributed by atoms with E-state index in [1.807, 2.05) is 5.32 Å². The number of amides is 3. The number of carbonyl (C=O) groups is 3. The largest absolute Gasteiger partial charge is 0.480 e. The molecule has 0 aliphatic rings. The van der Waals surface area contributed by atoms with Gasteiger partial charge in [-0.05, 0) is 6.07 Å². The summed E-state index contributed by atoms with van der Waals surface area (Å²) < 4.78 is 26.0. The van der Waals surface area contributed by atoms with Crippen LogP contribution in [0.2, 0.25) is 0 Å². The first-order valence-corrected chi connectivity index (χ1v) is 5.79. The quantitative estimate of drug-likeness (QED) is 0.595. The molecule has 9 heteroatoms. The monoisotopic (exact) mass is 301 g/mol. The lowest BCUT2D eigenvalue weighted by Gasteiger charge is -2.13. The van der Waals surface area contributed by atoms with Gasteiger partial charge >= 0.3 is 12.0 Å². The summed E-state index contributed by atoms with van der Waals surface area (Å²) in [5.41, 5.74) is 4.87. The molecule has 0 saturated carbocycles. The van der Waals surface area contributed by atoms with E-state index in [0.29, 0.717) is 6.07 Å². The molecular weight excluding hydrogens is 288 g/mol. The molecule has 0 fully saturated rings. The minimum atomic E-state index is -1.49. The number of halogens is 2. The van der Waals surface area contributed by atoms with Crippen LogP contribution >= 0.6 is 0 Å². The van der Waals surface area contributed by atoms with Gasteiger partial charge in [-0.25, -0.2) is 18.4 Å². The smallest absolute Gasteiger partial charge is 0.326 e. The van der Waals surface area contributed by atoms with E-state index in [4.69, 9.17) is 10.8 Å². The summed E-state index contributed by atoms with van der Waals surface area (Å²) in [5.74, 6) is -3.93. The fraction of sp³-hybridized carbons (Fsp3) is 0.250. The second-order valence-corrected chi connectivity index (χ2v) is 4.12. The standard InChI is InChI=1S/C12H13F2N3O4/c13-7-2-1-6(8(14)3-7)5-16-12(21)17-9(11(19)20)4-10(15)18/h1-3,9H,4-5H2,(H2,15,18)(H,19,20)(H2,16,17,21)/t9-/m1/s1. The summed E-state index contributed by atoms with van der Waals surface area (Å²) in [6.45, 7) is -0.277. The topological polar surface area (TPSA) is 122 Å². The molecule has 1 aromatic carbocycles. The summed E-state index contributed by atoms with van der Waals surface area (Å²) >= 11 is 0. The molecule has 0 aliphatic heterocycles. The van der Waals surface area contributed by atoms with Crippen molar-refractivity contribution in [3.63, 3.8) is 0 Å². The molecule has 0 spiro atoms. The van der Waals surface area contributed by atoms with Gasteiger partial charge in [-0.1, -0.05) is 6.07 Å². The molecule has 21 heavy (non-hydrogen) atoms. The third kappa shape index (κ3) is 5.43. The Morgan fingerprint density at radius 2 is 1.95 bits per heavy atom. The molecule has 7 nitrogen and oxygen atoms in total. The Labute approximate surface area is 118 Å². The molecule has 1 rings (SSSR count). The van der Waals surface area contributed by atoms with Crippen LogP contribution in [-0.2, 0) is 16.1 Å². The number of hydrogen-bond acceptors (Lipinski definition) is 3. The Hall–Kier alpha value is -2.71. The average Bonchev–Trinajstić information content (AvgIpc) is 2.36. The van der Waals surface area contributed by atoms with Crippen LogP contribution in [0, 0.1) is 11.6 Å². The van der Waals surface area contributed by atoms with Crippen LogP contribution in [-0.4, -0.2) is 29.1 Å². The minimum absolute atomic E-state index is 0.0216. The fourth-order valence-corrected chi connectivity index (χ4v) is 1.45. The molecule has 0 saturated heterocycles. The van der Waals surface area contributed by atoms with E-state index in [9.17, 15) is 23.2 Å². The maximum absolute atomic E-state index is 13.3. The lowest BCUT2D eigenvalue weighted by atomic mass is 10.2. The van der Waals surface area contributed by atoms with Crippen LogP contribution < -0.4 is 16.4 Å². The number of aliphatic carboxylic acids is 1. The molecule has 0 radical (unpaired) electrons. The van der Waals surface area contributed by atoms with Crippen molar-refractivity contribution in [3.05, 3.63) is 35.4 Å². The molecule has 3 amide bonds. The predicted molar refractivity (Wildman–Crippen MR) is 67.0 cm³/mol. The van der Waals surface area contributed by atoms with E-state index in [0.717, 1.165) is 12.1 Å². The second-order valence-electron chi connectivity index (χ2n) is 4.12. The average molecular weight is 301 g/mol. The van der Waals surface area contributed by atoms with Crippen molar-refractivity contribution in [3.8, 4) is 0 Å². The van der Waals surface area contributed by atoms with Gasteiger partial charge in [0.15, 0.2) is 0 Å². The molecule has 114 valence electrons. The number of urea groups is 1. The van der Waals surface area contributed by atoms with Crippen molar-refractivity contribution in [1.82, 2.24) is 10.6 Å². The maximum Gasteiger partial charge on any atom is 0.326 e. The van der Waals surface area contributed by atoms with Gasteiger partial charge in [-0.15, -0.1) is 0 Å². The minimum Gasteiger partial charge on any atom is -0.480 e. The maximum atomic E-state index is 13.3. The number of benzene rings is 1. The summed E-state index contributed by atoms with van der Waals surface area (Å²) in [6, 6.07) is 0.406. The van der Waals surface area contributed by atoms with E-state index >= 15 is 0 Å². The number of carboxylic acid groups (broad SMARTS) is 1. The number of primary amides is 1. The normalized spacial score (nSPS) is 11.5. The van der Waals surface area contributed by atoms with Gasteiger partial charge in [-0.2, -0.15) is 0 Å². The Morgan fingerprint density at radius 3 is 2.48 bits per heavy atom. The van der Waals surface area contributed by atoms with Gasteiger partial charge in [0, 0.05) is 18.2 Å². The van der Waals surface area contributed by atoms with Crippen LogP contribution in [0.25, 0.3) is 0 Å². The van der Waals surface area contributed by atoms with E-state index in [-0.39, 0.29) is 12.1 Å². The van der Waals surface area contributed by atoms with Gasteiger partial charge < -0.3 is 21.5 Å². The van der Waals surface area contributed by atoms with Crippen molar-refractivity contribution in [2.24, 2.45) is 5.73 Å². The lowest BCUT2D eigenvalue weighted by Crippen LogP contribution is -2.47. The SMILES string of the molecule is NC(=O)C[C@@H](NC(=O)NCc1ccc(F)cc1F)C(=O)O. The van der Waals surface area contributed by atoms with Crippen LogP contribution in [0.5, 0.6) is 0 Å². The van der Waals surface area contributed by atoms with E-state index in [2.05, 4.69) is 5.32 Å². The molecule has 0 aromatic heterocycles. The third-order valence-corrected chi connectivity index (χ3v) is 2.46. The number of carboxylic acids is 1. The summed E-state index contributed by atoms with van der Waals surface area (Å²) in [5, 5.41) is 13.0. The van der Waals surface area contributed by atoms with Crippen molar-refractivity contribution >= 4 is 17.9 Å². The first-order chi connectivity index (χ1) is 9.79. The van der Waals surface area contributed by atoms with E-state index in [1.54, 1.807) is 0 Å². The van der Waals surface area contributed by atoms with Gasteiger partial charge in [-0.3, -0.25) is 4.79 Å². The number of nitrogens with one attached hydrogen (secondary N) is 2. The Bertz CT molecular complexity index is 565. The molecule has 1 aromatic rings. The van der Waals surface area contributed by atoms with Crippen molar-refractivity contribution < 1.29 is 28.3 Å². The molecular formula is C12H13F2N3O4. The lowest BCUT2D eigenvalue weighted by molar-refractivity contribution is -0.140. The van der Waals surface area contributed by atoms with Gasteiger partial charge in [0.05, 0.1) is 6.42 Å². The zero-order chi connectivity index (χ0) is 16.0. The first kappa shape index (κ1) is 16.3. The highest BCUT2D eigenvalue weighted by atomic mass is 19.1. The summed E-state index contributed by atoms with van der Waals surface area (Å²) in [4.78, 5) is 32.9. The predicted octanol–water partition coefficient (Wildman–Crippen LogP) is 0.0926. The zero-order valence-electron chi connectivity index (χ0n) is 10.7. The van der Waals surface area contributed by atoms with Gasteiger partial charge in [0.2, 0.25) is 5.91 Å². The molecule has 0 bridgehead atoms. The highest BCUT2D eigenvalue weighted by Crippen LogP contribution is 2.08. The molecule has 0 unspecified atom stereocenters. The van der Waals surface area contributed by atoms with Gasteiger partial charge in [0.25, 0.3) is 0 Å². The fourth-order valence-electron chi connectivity index (χ4n) is 1.45. The first-order valence-electron chi connectivity index (χ1n) is 5.79. The van der Waals surface area contributed by atoms with Crippen molar-refractivity contribution in [2.45, 2.75) is 19.0 Å². The number of nitrogens with two attached hydrogens (primary N) is 1. The number of rotatable bonds is 6. The number of carbonyl (C=O) groups excluding carboxylic acids is 2. The second kappa shape index (κ2) is 7.17. The molecule has 0 heterocycles. The van der Waals surface area contributed by atoms with E-state index < -0.39 is 42.0 Å². The summed E-state index contributed by atoms with van der Waals surface area (Å²) in [7, 11) is 0. The van der Waals surface area contributed by atoms with Crippen molar-refractivity contribution in [1.29, 1.82) is 0 Å². The molecule has 5 N–H and O–H groups in total.